The van der Waals surface area contributed by atoms with E-state index in [1.807, 2.05) is 36.1 Å². The van der Waals surface area contributed by atoms with Crippen molar-refractivity contribution >= 4 is 12.1 Å². The van der Waals surface area contributed by atoms with Gasteiger partial charge in [-0.2, -0.15) is 0 Å². The number of carbonyl (C=O) groups is 2. The molecule has 23 heavy (non-hydrogen) atoms. The van der Waals surface area contributed by atoms with Crippen molar-refractivity contribution in [3.05, 3.63) is 35.4 Å². The Kier molecular flexibility index (Phi) is 4.94. The lowest BCUT2D eigenvalue weighted by Crippen LogP contribution is -2.61. The highest BCUT2D eigenvalue weighted by atomic mass is 16.6. The number of carbonyl (C=O) groups excluding carboxylic acids is 1. The summed E-state index contributed by atoms with van der Waals surface area (Å²) in [5, 5.41) is 12.3. The smallest absolute Gasteiger partial charge is 0.407 e. The molecule has 0 bridgehead atoms. The van der Waals surface area contributed by atoms with Crippen molar-refractivity contribution in [1.82, 2.24) is 10.2 Å². The van der Waals surface area contributed by atoms with E-state index in [2.05, 4.69) is 5.32 Å². The fraction of sp³-hybridized carbons (Fsp3) is 0.529. The van der Waals surface area contributed by atoms with Gasteiger partial charge in [0, 0.05) is 13.1 Å². The van der Waals surface area contributed by atoms with Gasteiger partial charge in [-0.25, -0.2) is 4.79 Å². The van der Waals surface area contributed by atoms with Crippen LogP contribution in [0.3, 0.4) is 0 Å². The van der Waals surface area contributed by atoms with E-state index in [0.29, 0.717) is 13.1 Å². The van der Waals surface area contributed by atoms with Gasteiger partial charge >= 0.3 is 12.1 Å². The molecule has 2 rings (SSSR count). The molecule has 6 nitrogen and oxygen atoms in total. The highest BCUT2D eigenvalue weighted by molar-refractivity contribution is 5.76. The minimum atomic E-state index is -0.885. The van der Waals surface area contributed by atoms with Crippen molar-refractivity contribution in [2.75, 3.05) is 13.1 Å². The Morgan fingerprint density at radius 2 is 1.83 bits per heavy atom. The molecule has 126 valence electrons. The van der Waals surface area contributed by atoms with Crippen LogP contribution in [0.2, 0.25) is 0 Å². The van der Waals surface area contributed by atoms with Gasteiger partial charge in [0.1, 0.15) is 11.6 Å². The molecule has 1 aromatic rings. The maximum atomic E-state index is 11.7. The van der Waals surface area contributed by atoms with Crippen LogP contribution in [-0.2, 0) is 9.53 Å². The van der Waals surface area contributed by atoms with Gasteiger partial charge in [-0.3, -0.25) is 9.69 Å². The number of carboxylic acid groups (broad SMARTS) is 1. The van der Waals surface area contributed by atoms with Crippen LogP contribution < -0.4 is 5.32 Å². The van der Waals surface area contributed by atoms with Crippen molar-refractivity contribution < 1.29 is 19.4 Å². The third-order valence-corrected chi connectivity index (χ3v) is 3.62. The number of aryl methyl sites for hydroxylation is 1. The van der Waals surface area contributed by atoms with E-state index >= 15 is 0 Å². The van der Waals surface area contributed by atoms with Crippen molar-refractivity contribution in [3.63, 3.8) is 0 Å². The lowest BCUT2D eigenvalue weighted by atomic mass is 9.98. The normalized spacial score (nSPS) is 17.2. The van der Waals surface area contributed by atoms with Crippen LogP contribution >= 0.6 is 0 Å². The van der Waals surface area contributed by atoms with E-state index in [4.69, 9.17) is 4.74 Å². The summed E-state index contributed by atoms with van der Waals surface area (Å²) in [5.74, 6) is -0.885. The Bertz CT molecular complexity index is 571. The molecule has 0 aromatic heterocycles. The molecule has 1 atom stereocenters. The standard InChI is InChI=1S/C17H24N2O4/c1-11-5-7-12(8-6-11)14(15(20)21)19-9-13(10-19)18-16(22)23-17(2,3)4/h5-8,13-14H,9-10H2,1-4H3,(H,18,22)(H,20,21)/t14-/m0/s1. The molecule has 0 spiro atoms. The number of amides is 1. The summed E-state index contributed by atoms with van der Waals surface area (Å²) in [6.07, 6.45) is -0.468. The first-order valence-corrected chi connectivity index (χ1v) is 7.68. The van der Waals surface area contributed by atoms with E-state index in [1.54, 1.807) is 20.8 Å². The molecule has 0 radical (unpaired) electrons. The number of carboxylic acids is 1. The number of aliphatic carboxylic acids is 1. The van der Waals surface area contributed by atoms with Crippen LogP contribution in [0, 0.1) is 6.92 Å². The fourth-order valence-corrected chi connectivity index (χ4v) is 2.55. The quantitative estimate of drug-likeness (QED) is 0.890. The monoisotopic (exact) mass is 320 g/mol. The van der Waals surface area contributed by atoms with Gasteiger partial charge in [0.2, 0.25) is 0 Å². The zero-order chi connectivity index (χ0) is 17.2. The van der Waals surface area contributed by atoms with Gasteiger partial charge in [-0.05, 0) is 33.3 Å². The average molecular weight is 320 g/mol. The number of ether oxygens (including phenoxy) is 1. The van der Waals surface area contributed by atoms with Crippen LogP contribution in [-0.4, -0.2) is 46.8 Å². The summed E-state index contributed by atoms with van der Waals surface area (Å²) >= 11 is 0. The van der Waals surface area contributed by atoms with Crippen molar-refractivity contribution in [2.45, 2.75) is 45.4 Å². The fourth-order valence-electron chi connectivity index (χ4n) is 2.55. The molecule has 1 aromatic carbocycles. The van der Waals surface area contributed by atoms with E-state index in [-0.39, 0.29) is 6.04 Å². The first-order valence-electron chi connectivity index (χ1n) is 7.68. The summed E-state index contributed by atoms with van der Waals surface area (Å²) in [4.78, 5) is 25.1. The lowest BCUT2D eigenvalue weighted by Gasteiger charge is -2.43. The van der Waals surface area contributed by atoms with E-state index in [0.717, 1.165) is 11.1 Å². The van der Waals surface area contributed by atoms with Crippen LogP contribution in [0.25, 0.3) is 0 Å². The first kappa shape index (κ1) is 17.3. The molecule has 1 aliphatic rings. The largest absolute Gasteiger partial charge is 0.480 e. The molecule has 0 unspecified atom stereocenters. The zero-order valence-electron chi connectivity index (χ0n) is 14.0. The predicted molar refractivity (Wildman–Crippen MR) is 86.3 cm³/mol. The topological polar surface area (TPSA) is 78.9 Å². The van der Waals surface area contributed by atoms with Crippen LogP contribution in [0.5, 0.6) is 0 Å². The number of alkyl carbamates (subject to hydrolysis) is 1. The number of likely N-dealkylation sites (tertiary alicyclic amines) is 1. The number of rotatable bonds is 4. The van der Waals surface area contributed by atoms with E-state index in [1.165, 1.54) is 0 Å². The van der Waals surface area contributed by atoms with Gasteiger partial charge in [-0.1, -0.05) is 29.8 Å². The molecule has 1 aliphatic heterocycles. The second-order valence-electron chi connectivity index (χ2n) is 6.95. The third kappa shape index (κ3) is 4.69. The number of nitrogens with zero attached hydrogens (tertiary/aromatic N) is 1. The summed E-state index contributed by atoms with van der Waals surface area (Å²) < 4.78 is 5.20. The van der Waals surface area contributed by atoms with Crippen molar-refractivity contribution in [1.29, 1.82) is 0 Å². The second-order valence-corrected chi connectivity index (χ2v) is 6.95. The van der Waals surface area contributed by atoms with E-state index in [9.17, 15) is 14.7 Å². The van der Waals surface area contributed by atoms with Crippen LogP contribution in [0.4, 0.5) is 4.79 Å². The van der Waals surface area contributed by atoms with Gasteiger partial charge in [-0.15, -0.1) is 0 Å². The number of benzene rings is 1. The molecule has 0 saturated carbocycles. The number of hydrogen-bond donors (Lipinski definition) is 2. The SMILES string of the molecule is Cc1ccc([C@@H](C(=O)O)N2CC(NC(=O)OC(C)(C)C)C2)cc1. The van der Waals surface area contributed by atoms with Crippen LogP contribution in [0.1, 0.15) is 37.9 Å². The molecular weight excluding hydrogens is 296 g/mol. The molecule has 6 heteroatoms. The Hall–Kier alpha value is -2.08. The molecule has 1 heterocycles. The first-order chi connectivity index (χ1) is 10.7. The van der Waals surface area contributed by atoms with Gasteiger partial charge in [0.15, 0.2) is 0 Å². The Balaban J connectivity index is 1.92. The second kappa shape index (κ2) is 6.58. The highest BCUT2D eigenvalue weighted by Crippen LogP contribution is 2.26. The zero-order valence-corrected chi connectivity index (χ0v) is 14.0. The summed E-state index contributed by atoms with van der Waals surface area (Å²) in [7, 11) is 0. The lowest BCUT2D eigenvalue weighted by molar-refractivity contribution is -0.145. The van der Waals surface area contributed by atoms with Crippen molar-refractivity contribution in [2.24, 2.45) is 0 Å². The van der Waals surface area contributed by atoms with Gasteiger partial charge in [0.05, 0.1) is 6.04 Å². The minimum Gasteiger partial charge on any atom is -0.480 e. The summed E-state index contributed by atoms with van der Waals surface area (Å²) in [6, 6.07) is 6.71. The predicted octanol–water partition coefficient (Wildman–Crippen LogP) is 2.33. The van der Waals surface area contributed by atoms with Crippen molar-refractivity contribution in [3.8, 4) is 0 Å². The summed E-state index contributed by atoms with van der Waals surface area (Å²) in [5.41, 5.74) is 1.30. The van der Waals surface area contributed by atoms with Gasteiger partial charge in [0.25, 0.3) is 0 Å². The third-order valence-electron chi connectivity index (χ3n) is 3.62. The molecular formula is C17H24N2O4. The highest BCUT2D eigenvalue weighted by Gasteiger charge is 2.38. The maximum Gasteiger partial charge on any atom is 0.407 e. The molecule has 1 fully saturated rings. The Morgan fingerprint density at radius 1 is 1.26 bits per heavy atom. The van der Waals surface area contributed by atoms with Gasteiger partial charge < -0.3 is 15.2 Å². The Labute approximate surface area is 136 Å². The summed E-state index contributed by atoms with van der Waals surface area (Å²) in [6.45, 7) is 8.35. The number of hydrogen-bond acceptors (Lipinski definition) is 4. The Morgan fingerprint density at radius 3 is 2.30 bits per heavy atom. The molecule has 0 aliphatic carbocycles. The molecule has 2 N–H and O–H groups in total. The minimum absolute atomic E-state index is 0.0860. The number of nitrogens with one attached hydrogen (secondary N) is 1. The molecule has 1 amide bonds. The van der Waals surface area contributed by atoms with Crippen LogP contribution in [0.15, 0.2) is 24.3 Å². The molecule has 1 saturated heterocycles. The van der Waals surface area contributed by atoms with E-state index < -0.39 is 23.7 Å². The average Bonchev–Trinajstić information content (AvgIpc) is 2.35. The maximum absolute atomic E-state index is 11.7.